The Hall–Kier alpha value is -2.54. The third-order valence-electron chi connectivity index (χ3n) is 2.63. The van der Waals surface area contributed by atoms with Gasteiger partial charge in [0.05, 0.1) is 18.5 Å². The van der Waals surface area contributed by atoms with E-state index in [0.29, 0.717) is 24.5 Å². The van der Waals surface area contributed by atoms with E-state index in [1.165, 1.54) is 0 Å². The molecule has 0 saturated heterocycles. The van der Waals surface area contributed by atoms with Crippen molar-refractivity contribution in [2.45, 2.75) is 6.42 Å². The molecule has 1 aromatic heterocycles. The maximum Gasteiger partial charge on any atom is 0.316 e. The van der Waals surface area contributed by atoms with Crippen LogP contribution in [-0.2, 0) is 0 Å². The molecule has 7 nitrogen and oxygen atoms in total. The van der Waals surface area contributed by atoms with Crippen LogP contribution >= 0.6 is 0 Å². The minimum Gasteiger partial charge on any atom is -0.491 e. The van der Waals surface area contributed by atoms with Gasteiger partial charge in [-0.05, 0) is 17.7 Å². The van der Waals surface area contributed by atoms with Crippen LogP contribution in [0.3, 0.4) is 0 Å². The van der Waals surface area contributed by atoms with Gasteiger partial charge in [0.25, 0.3) is 0 Å². The Balaban J connectivity index is 2.26. The Labute approximate surface area is 115 Å². The number of nitrogens with two attached hydrogens (primary N) is 1. The van der Waals surface area contributed by atoms with Gasteiger partial charge >= 0.3 is 6.03 Å². The predicted octanol–water partition coefficient (Wildman–Crippen LogP) is 1.33. The number of benzene rings is 1. The minimum absolute atomic E-state index is 0.0417. The summed E-state index contributed by atoms with van der Waals surface area (Å²) in [7, 11) is 0. The number of H-pyrrole nitrogens is 1. The van der Waals surface area contributed by atoms with Gasteiger partial charge in [-0.15, -0.1) is 0 Å². The van der Waals surface area contributed by atoms with Crippen molar-refractivity contribution in [3.05, 3.63) is 30.6 Å². The van der Waals surface area contributed by atoms with Crippen molar-refractivity contribution < 1.29 is 14.6 Å². The molecule has 5 N–H and O–H groups in total. The standard InChI is InChI=1S/C13H16N4O3/c14-13(19)17-11-3-2-9(10-7-15-16-8-10)6-12(11)20-5-1-4-18/h2-3,6-8,18H,1,4-5H2,(H,15,16)(H3,14,17,19). The average Bonchev–Trinajstić information content (AvgIpc) is 2.94. The number of ether oxygens (including phenoxy) is 1. The molecular formula is C13H16N4O3. The molecule has 0 aliphatic rings. The smallest absolute Gasteiger partial charge is 0.316 e. The zero-order chi connectivity index (χ0) is 14.4. The lowest BCUT2D eigenvalue weighted by molar-refractivity contribution is 0.234. The second-order valence-corrected chi connectivity index (χ2v) is 4.11. The van der Waals surface area contributed by atoms with E-state index in [0.717, 1.165) is 11.1 Å². The molecular weight excluding hydrogens is 260 g/mol. The normalized spacial score (nSPS) is 10.2. The van der Waals surface area contributed by atoms with Crippen LogP contribution < -0.4 is 15.8 Å². The summed E-state index contributed by atoms with van der Waals surface area (Å²) < 4.78 is 5.56. The molecule has 2 amide bonds. The van der Waals surface area contributed by atoms with Gasteiger partial charge in [0.2, 0.25) is 0 Å². The van der Waals surface area contributed by atoms with Crippen molar-refractivity contribution in [2.24, 2.45) is 5.73 Å². The molecule has 0 unspecified atom stereocenters. The van der Waals surface area contributed by atoms with Crippen molar-refractivity contribution in [3.63, 3.8) is 0 Å². The Morgan fingerprint density at radius 1 is 1.45 bits per heavy atom. The summed E-state index contributed by atoms with van der Waals surface area (Å²) in [5, 5.41) is 17.9. The summed E-state index contributed by atoms with van der Waals surface area (Å²) in [6, 6.07) is 4.66. The molecule has 0 aliphatic carbocycles. The number of anilines is 1. The SMILES string of the molecule is NC(=O)Nc1ccc(-c2cn[nH]c2)cc1OCCCO. The van der Waals surface area contributed by atoms with Crippen LogP contribution in [0.15, 0.2) is 30.6 Å². The molecule has 2 aromatic rings. The second-order valence-electron chi connectivity index (χ2n) is 4.11. The van der Waals surface area contributed by atoms with E-state index in [2.05, 4.69) is 15.5 Å². The molecule has 7 heteroatoms. The van der Waals surface area contributed by atoms with Crippen LogP contribution in [0.25, 0.3) is 11.1 Å². The minimum atomic E-state index is -0.659. The van der Waals surface area contributed by atoms with Gasteiger partial charge in [-0.2, -0.15) is 5.10 Å². The van der Waals surface area contributed by atoms with E-state index in [-0.39, 0.29) is 6.61 Å². The van der Waals surface area contributed by atoms with Crippen molar-refractivity contribution in [2.75, 3.05) is 18.5 Å². The fraction of sp³-hybridized carbons (Fsp3) is 0.231. The predicted molar refractivity (Wildman–Crippen MR) is 74.4 cm³/mol. The fourth-order valence-electron chi connectivity index (χ4n) is 1.71. The van der Waals surface area contributed by atoms with Crippen LogP contribution in [0, 0.1) is 0 Å². The molecule has 1 heterocycles. The Kier molecular flexibility index (Phi) is 4.56. The zero-order valence-electron chi connectivity index (χ0n) is 10.8. The largest absolute Gasteiger partial charge is 0.491 e. The van der Waals surface area contributed by atoms with E-state index in [1.807, 2.05) is 6.07 Å². The molecule has 1 aromatic carbocycles. The molecule has 0 fully saturated rings. The summed E-state index contributed by atoms with van der Waals surface area (Å²) in [6.45, 7) is 0.388. The average molecular weight is 276 g/mol. The maximum atomic E-state index is 11.0. The summed E-state index contributed by atoms with van der Waals surface area (Å²) in [5.41, 5.74) is 7.41. The Morgan fingerprint density at radius 3 is 2.95 bits per heavy atom. The number of urea groups is 1. The number of aromatic amines is 1. The lowest BCUT2D eigenvalue weighted by Crippen LogP contribution is -2.20. The number of primary amides is 1. The maximum absolute atomic E-state index is 11.0. The number of aliphatic hydroxyl groups excluding tert-OH is 1. The van der Waals surface area contributed by atoms with Crippen molar-refractivity contribution in [1.29, 1.82) is 0 Å². The topological polar surface area (TPSA) is 113 Å². The van der Waals surface area contributed by atoms with Gasteiger partial charge in [-0.25, -0.2) is 4.79 Å². The second kappa shape index (κ2) is 6.58. The van der Waals surface area contributed by atoms with Crippen LogP contribution in [0.2, 0.25) is 0 Å². The van der Waals surface area contributed by atoms with E-state index in [9.17, 15) is 4.79 Å². The van der Waals surface area contributed by atoms with Crippen LogP contribution in [0.1, 0.15) is 6.42 Å². The lowest BCUT2D eigenvalue weighted by atomic mass is 10.1. The first kappa shape index (κ1) is 13.9. The molecule has 0 aliphatic heterocycles. The number of aromatic nitrogens is 2. The molecule has 2 rings (SSSR count). The highest BCUT2D eigenvalue weighted by Crippen LogP contribution is 2.30. The number of carbonyl (C=O) groups is 1. The molecule has 20 heavy (non-hydrogen) atoms. The third-order valence-corrected chi connectivity index (χ3v) is 2.63. The first-order chi connectivity index (χ1) is 9.70. The van der Waals surface area contributed by atoms with Crippen molar-refractivity contribution >= 4 is 11.7 Å². The molecule has 0 atom stereocenters. The van der Waals surface area contributed by atoms with E-state index in [1.54, 1.807) is 24.5 Å². The highest BCUT2D eigenvalue weighted by molar-refractivity contribution is 5.90. The number of hydrogen-bond donors (Lipinski definition) is 4. The number of hydrogen-bond acceptors (Lipinski definition) is 4. The zero-order valence-corrected chi connectivity index (χ0v) is 10.8. The van der Waals surface area contributed by atoms with Gasteiger partial charge in [0.15, 0.2) is 0 Å². The van der Waals surface area contributed by atoms with E-state index in [4.69, 9.17) is 15.6 Å². The van der Waals surface area contributed by atoms with Gasteiger partial charge in [0.1, 0.15) is 5.75 Å². The molecule has 0 spiro atoms. The van der Waals surface area contributed by atoms with Crippen LogP contribution in [0.5, 0.6) is 5.75 Å². The van der Waals surface area contributed by atoms with Gasteiger partial charge in [0, 0.05) is 24.8 Å². The van der Waals surface area contributed by atoms with Crippen LogP contribution in [0.4, 0.5) is 10.5 Å². The Morgan fingerprint density at radius 2 is 2.30 bits per heavy atom. The van der Waals surface area contributed by atoms with E-state index < -0.39 is 6.03 Å². The summed E-state index contributed by atoms with van der Waals surface area (Å²) in [6.07, 6.45) is 3.95. The number of nitrogens with zero attached hydrogens (tertiary/aromatic N) is 1. The summed E-state index contributed by atoms with van der Waals surface area (Å²) >= 11 is 0. The van der Waals surface area contributed by atoms with Gasteiger partial charge in [-0.3, -0.25) is 5.10 Å². The highest BCUT2D eigenvalue weighted by Gasteiger charge is 2.09. The fourth-order valence-corrected chi connectivity index (χ4v) is 1.71. The molecule has 106 valence electrons. The van der Waals surface area contributed by atoms with E-state index >= 15 is 0 Å². The first-order valence-electron chi connectivity index (χ1n) is 6.14. The number of rotatable bonds is 6. The highest BCUT2D eigenvalue weighted by atomic mass is 16.5. The quantitative estimate of drug-likeness (QED) is 0.596. The van der Waals surface area contributed by atoms with Crippen LogP contribution in [-0.4, -0.2) is 34.5 Å². The first-order valence-corrected chi connectivity index (χ1v) is 6.14. The number of carbonyl (C=O) groups excluding carboxylic acids is 1. The Bertz CT molecular complexity index is 569. The van der Waals surface area contributed by atoms with Crippen molar-refractivity contribution in [3.8, 4) is 16.9 Å². The molecule has 0 radical (unpaired) electrons. The van der Waals surface area contributed by atoms with Gasteiger partial charge < -0.3 is 20.9 Å². The monoisotopic (exact) mass is 276 g/mol. The number of aliphatic hydroxyl groups is 1. The number of nitrogens with one attached hydrogen (secondary N) is 2. The summed E-state index contributed by atoms with van der Waals surface area (Å²) in [4.78, 5) is 11.0. The van der Waals surface area contributed by atoms with Gasteiger partial charge in [-0.1, -0.05) is 6.07 Å². The molecule has 0 bridgehead atoms. The van der Waals surface area contributed by atoms with Crippen molar-refractivity contribution in [1.82, 2.24) is 10.2 Å². The summed E-state index contributed by atoms with van der Waals surface area (Å²) in [5.74, 6) is 0.496. The lowest BCUT2D eigenvalue weighted by Gasteiger charge is -2.12. The molecule has 0 saturated carbocycles. The third kappa shape index (κ3) is 3.48. The number of amides is 2.